The Bertz CT molecular complexity index is 521. The van der Waals surface area contributed by atoms with Crippen LogP contribution in [0.2, 0.25) is 0 Å². The van der Waals surface area contributed by atoms with Crippen molar-refractivity contribution in [3.8, 4) is 0 Å². The number of aromatic nitrogens is 1. The molecule has 1 aromatic heterocycles. The van der Waals surface area contributed by atoms with Crippen LogP contribution in [0.4, 0.5) is 0 Å². The van der Waals surface area contributed by atoms with Gasteiger partial charge in [0, 0.05) is 49.3 Å². The van der Waals surface area contributed by atoms with Crippen LogP contribution in [-0.4, -0.2) is 23.4 Å². The van der Waals surface area contributed by atoms with Crippen molar-refractivity contribution in [1.82, 2.24) is 10.3 Å². The van der Waals surface area contributed by atoms with E-state index in [4.69, 9.17) is 4.74 Å². The predicted octanol–water partition coefficient (Wildman–Crippen LogP) is 3.26. The lowest BCUT2D eigenvalue weighted by Crippen LogP contribution is -2.22. The molecule has 0 aliphatic rings. The van der Waals surface area contributed by atoms with Gasteiger partial charge in [-0.15, -0.1) is 0 Å². The zero-order chi connectivity index (χ0) is 16.4. The van der Waals surface area contributed by atoms with Crippen molar-refractivity contribution in [2.45, 2.75) is 52.7 Å². The summed E-state index contributed by atoms with van der Waals surface area (Å²) in [5.74, 6) is 1.78. The van der Waals surface area contributed by atoms with Gasteiger partial charge in [-0.25, -0.2) is 0 Å². The van der Waals surface area contributed by atoms with E-state index in [-0.39, 0.29) is 11.5 Å². The molecule has 0 spiro atoms. The summed E-state index contributed by atoms with van der Waals surface area (Å²) in [6.07, 6.45) is 6.32. The molecule has 0 saturated heterocycles. The molecule has 1 aromatic rings. The van der Waals surface area contributed by atoms with Gasteiger partial charge in [0.1, 0.15) is 6.10 Å². The average Bonchev–Trinajstić information content (AvgIpc) is 2.55. The Morgan fingerprint density at radius 3 is 2.82 bits per heavy atom. The van der Waals surface area contributed by atoms with Gasteiger partial charge in [0.2, 0.25) is 0 Å². The fraction of sp³-hybridized carbons (Fsp3) is 0.588. The maximum Gasteiger partial charge on any atom is 0.186 e. The first kappa shape index (κ1) is 18.8. The van der Waals surface area contributed by atoms with Crippen LogP contribution in [0.15, 0.2) is 34.6 Å². The Kier molecular flexibility index (Phi) is 9.01. The first-order valence-corrected chi connectivity index (χ1v) is 8.58. The normalized spacial score (nSPS) is 13.6. The van der Waals surface area contributed by atoms with E-state index in [1.54, 1.807) is 18.5 Å². The van der Waals surface area contributed by atoms with Crippen LogP contribution in [0.25, 0.3) is 0 Å². The molecule has 0 fully saturated rings. The summed E-state index contributed by atoms with van der Waals surface area (Å²) >= 11 is 4.33. The van der Waals surface area contributed by atoms with Crippen molar-refractivity contribution in [3.05, 3.63) is 45.6 Å². The summed E-state index contributed by atoms with van der Waals surface area (Å²) in [5, 5.41) is 3.31. The molecule has 1 atom stereocenters. The van der Waals surface area contributed by atoms with Crippen LogP contribution in [-0.2, 0) is 11.3 Å². The van der Waals surface area contributed by atoms with Crippen molar-refractivity contribution in [1.29, 1.82) is 0 Å². The third-order valence-electron chi connectivity index (χ3n) is 3.72. The minimum atomic E-state index is 0.0594. The van der Waals surface area contributed by atoms with Gasteiger partial charge < -0.3 is 15.0 Å². The average molecular weight is 324 g/mol. The number of hydrogen-bond donors (Lipinski definition) is 3. The maximum atomic E-state index is 11.6. The first-order chi connectivity index (χ1) is 10.6. The molecule has 2 N–H and O–H groups in total. The molecule has 0 radical (unpaired) electrons. The molecule has 0 aliphatic carbocycles. The van der Waals surface area contributed by atoms with E-state index in [9.17, 15) is 4.79 Å². The van der Waals surface area contributed by atoms with Crippen molar-refractivity contribution >= 4 is 12.6 Å². The summed E-state index contributed by atoms with van der Waals surface area (Å²) in [6.45, 7) is 7.71. The van der Waals surface area contributed by atoms with Crippen LogP contribution in [0.1, 0.15) is 45.6 Å². The summed E-state index contributed by atoms with van der Waals surface area (Å²) in [7, 11) is 0. The number of rotatable bonds is 10. The zero-order valence-corrected chi connectivity index (χ0v) is 14.7. The number of aromatic amines is 1. The van der Waals surface area contributed by atoms with E-state index in [1.807, 2.05) is 0 Å². The third kappa shape index (κ3) is 6.28. The molecule has 0 aromatic carbocycles. The number of ether oxygens (including phenoxy) is 1. The second-order valence-electron chi connectivity index (χ2n) is 5.35. The molecule has 1 unspecified atom stereocenters. The smallest absolute Gasteiger partial charge is 0.186 e. The predicted molar refractivity (Wildman–Crippen MR) is 95.4 cm³/mol. The highest BCUT2D eigenvalue weighted by Crippen LogP contribution is 2.17. The number of hydrogen-bond acceptors (Lipinski definition) is 4. The molecule has 124 valence electrons. The van der Waals surface area contributed by atoms with Gasteiger partial charge >= 0.3 is 0 Å². The van der Waals surface area contributed by atoms with Crippen molar-refractivity contribution in [2.24, 2.45) is 0 Å². The van der Waals surface area contributed by atoms with Gasteiger partial charge in [-0.1, -0.05) is 13.8 Å². The van der Waals surface area contributed by atoms with E-state index < -0.39 is 0 Å². The molecule has 22 heavy (non-hydrogen) atoms. The van der Waals surface area contributed by atoms with Gasteiger partial charge in [-0.05, 0) is 25.3 Å². The maximum absolute atomic E-state index is 11.6. The van der Waals surface area contributed by atoms with E-state index in [0.717, 1.165) is 42.9 Å². The Labute approximate surface area is 138 Å². The topological polar surface area (TPSA) is 54.1 Å². The minimum Gasteiger partial charge on any atom is -0.494 e. The van der Waals surface area contributed by atoms with Crippen LogP contribution < -0.4 is 10.7 Å². The summed E-state index contributed by atoms with van der Waals surface area (Å²) in [4.78, 5) is 14.6. The van der Waals surface area contributed by atoms with E-state index in [2.05, 4.69) is 43.7 Å². The number of H-pyrrole nitrogens is 1. The largest absolute Gasteiger partial charge is 0.494 e. The van der Waals surface area contributed by atoms with Crippen LogP contribution in [0, 0.1) is 0 Å². The lowest BCUT2D eigenvalue weighted by molar-refractivity contribution is 0.122. The lowest BCUT2D eigenvalue weighted by Gasteiger charge is -2.20. The molecular weight excluding hydrogens is 296 g/mol. The van der Waals surface area contributed by atoms with E-state index in [0.29, 0.717) is 6.54 Å². The van der Waals surface area contributed by atoms with Crippen molar-refractivity contribution in [3.63, 3.8) is 0 Å². The second kappa shape index (κ2) is 10.5. The number of thiol groups is 1. The molecule has 0 aliphatic heterocycles. The third-order valence-corrected chi connectivity index (χ3v) is 4.13. The molecule has 4 nitrogen and oxygen atoms in total. The highest BCUT2D eigenvalue weighted by molar-refractivity contribution is 7.80. The molecule has 0 saturated carbocycles. The number of pyridine rings is 1. The monoisotopic (exact) mass is 324 g/mol. The van der Waals surface area contributed by atoms with Crippen LogP contribution >= 0.6 is 12.6 Å². The number of nitrogens with one attached hydrogen (secondary N) is 2. The van der Waals surface area contributed by atoms with Gasteiger partial charge in [0.15, 0.2) is 5.43 Å². The summed E-state index contributed by atoms with van der Waals surface area (Å²) < 4.78 is 6.07. The molecule has 0 amide bonds. The van der Waals surface area contributed by atoms with Crippen LogP contribution in [0.5, 0.6) is 0 Å². The molecule has 1 rings (SSSR count). The highest BCUT2D eigenvalue weighted by Gasteiger charge is 2.10. The standard InChI is InChI=1S/C17H28N2O2S/c1-4-13(3)17(21-15(5-2)12-22)7-9-19-11-14-10-18-8-6-16(14)20/h6,8,10,15,19,22H,4-5,7,9,11-12H2,1-3H3,(H,18,20). The fourth-order valence-electron chi connectivity index (χ4n) is 2.03. The van der Waals surface area contributed by atoms with Crippen LogP contribution in [0.3, 0.4) is 0 Å². The second-order valence-corrected chi connectivity index (χ2v) is 5.71. The molecular formula is C17H28N2O2S. The Morgan fingerprint density at radius 1 is 1.45 bits per heavy atom. The Balaban J connectivity index is 2.51. The Hall–Kier alpha value is -1.20. The summed E-state index contributed by atoms with van der Waals surface area (Å²) in [5.41, 5.74) is 2.09. The molecule has 1 heterocycles. The fourth-order valence-corrected chi connectivity index (χ4v) is 2.37. The summed E-state index contributed by atoms with van der Waals surface area (Å²) in [6, 6.07) is 1.55. The lowest BCUT2D eigenvalue weighted by atomic mass is 10.1. The number of allylic oxidation sites excluding steroid dienone is 1. The SMILES string of the molecule is CCC(C)=C(CCNCc1c[nH]ccc1=O)OC(CC)CS. The zero-order valence-electron chi connectivity index (χ0n) is 13.8. The van der Waals surface area contributed by atoms with E-state index in [1.165, 1.54) is 5.57 Å². The highest BCUT2D eigenvalue weighted by atomic mass is 32.1. The Morgan fingerprint density at radius 2 is 2.23 bits per heavy atom. The van der Waals surface area contributed by atoms with Gasteiger partial charge in [0.05, 0.1) is 5.76 Å². The van der Waals surface area contributed by atoms with Gasteiger partial charge in [0.25, 0.3) is 0 Å². The minimum absolute atomic E-state index is 0.0594. The molecule has 5 heteroatoms. The quantitative estimate of drug-likeness (QED) is 0.352. The van der Waals surface area contributed by atoms with Crippen molar-refractivity contribution < 1.29 is 4.74 Å². The van der Waals surface area contributed by atoms with Gasteiger partial charge in [-0.3, -0.25) is 4.79 Å². The van der Waals surface area contributed by atoms with E-state index >= 15 is 0 Å². The molecule has 0 bridgehead atoms. The first-order valence-electron chi connectivity index (χ1n) is 7.95. The van der Waals surface area contributed by atoms with Crippen molar-refractivity contribution in [2.75, 3.05) is 12.3 Å². The van der Waals surface area contributed by atoms with Gasteiger partial charge in [-0.2, -0.15) is 12.6 Å².